The Balaban J connectivity index is 0.000000980. The largest absolute Gasteiger partial charge is 0.481 e. The van der Waals surface area contributed by atoms with Crippen LogP contribution in [0, 0.1) is 0 Å². The van der Waals surface area contributed by atoms with Gasteiger partial charge in [-0.25, -0.2) is 4.98 Å². The predicted molar refractivity (Wildman–Crippen MR) is 53.8 cm³/mol. The van der Waals surface area contributed by atoms with Crippen molar-refractivity contribution >= 4 is 24.0 Å². The summed E-state index contributed by atoms with van der Waals surface area (Å²) in [6, 6.07) is 3.55. The van der Waals surface area contributed by atoms with E-state index < -0.39 is 5.97 Å². The second kappa shape index (κ2) is 4.11. The summed E-state index contributed by atoms with van der Waals surface area (Å²) < 4.78 is 1.84. The Hall–Kier alpha value is -1.55. The number of aliphatic carboxylic acids is 1. The Morgan fingerprint density at radius 2 is 2.29 bits per heavy atom. The Morgan fingerprint density at radius 1 is 1.50 bits per heavy atom. The van der Waals surface area contributed by atoms with Crippen molar-refractivity contribution in [2.45, 2.75) is 6.42 Å². The number of nitrogens with zero attached hydrogens (tertiary/aromatic N) is 2. The summed E-state index contributed by atoms with van der Waals surface area (Å²) in [5, 5.41) is 8.56. The zero-order chi connectivity index (χ0) is 9.26. The van der Waals surface area contributed by atoms with E-state index >= 15 is 0 Å². The number of fused-ring (bicyclic) bond motifs is 1. The Bertz CT molecular complexity index is 453. The standard InChI is InChI=1S/C9H8N2O2.ClH/c12-9(13)6-7-1-3-11-4-2-10-8(11)5-7;/h1-5H,6H2,(H,12,13);1H. The van der Waals surface area contributed by atoms with Crippen LogP contribution in [-0.4, -0.2) is 20.5 Å². The van der Waals surface area contributed by atoms with Crippen molar-refractivity contribution in [1.29, 1.82) is 0 Å². The van der Waals surface area contributed by atoms with Gasteiger partial charge in [0, 0.05) is 18.6 Å². The number of carboxylic acids is 1. The maximum absolute atomic E-state index is 10.4. The maximum atomic E-state index is 10.4. The van der Waals surface area contributed by atoms with Crippen molar-refractivity contribution in [3.63, 3.8) is 0 Å². The molecule has 0 bridgehead atoms. The first-order chi connectivity index (χ1) is 6.25. The second-order valence-electron chi connectivity index (χ2n) is 2.80. The molecule has 0 saturated heterocycles. The predicted octanol–water partition coefficient (Wildman–Crippen LogP) is 1.38. The zero-order valence-electron chi connectivity index (χ0n) is 7.25. The van der Waals surface area contributed by atoms with Gasteiger partial charge in [-0.05, 0) is 17.7 Å². The molecule has 4 nitrogen and oxygen atoms in total. The van der Waals surface area contributed by atoms with E-state index in [-0.39, 0.29) is 18.8 Å². The van der Waals surface area contributed by atoms with Gasteiger partial charge in [0.05, 0.1) is 6.42 Å². The Kier molecular flexibility index (Phi) is 3.09. The highest BCUT2D eigenvalue weighted by Gasteiger charge is 2.01. The van der Waals surface area contributed by atoms with Gasteiger partial charge in [0.15, 0.2) is 0 Å². The molecule has 5 heteroatoms. The van der Waals surface area contributed by atoms with Crippen molar-refractivity contribution in [2.24, 2.45) is 0 Å². The Labute approximate surface area is 86.6 Å². The molecule has 2 aromatic heterocycles. The molecule has 0 fully saturated rings. The molecule has 0 amide bonds. The number of aromatic nitrogens is 2. The van der Waals surface area contributed by atoms with E-state index in [0.29, 0.717) is 0 Å². The van der Waals surface area contributed by atoms with E-state index in [4.69, 9.17) is 5.11 Å². The molecule has 0 atom stereocenters. The molecule has 2 aromatic rings. The van der Waals surface area contributed by atoms with Crippen molar-refractivity contribution in [2.75, 3.05) is 0 Å². The van der Waals surface area contributed by atoms with Crippen LogP contribution in [0.2, 0.25) is 0 Å². The fraction of sp³-hybridized carbons (Fsp3) is 0.111. The lowest BCUT2D eigenvalue weighted by Gasteiger charge is -1.97. The molecule has 0 radical (unpaired) electrons. The van der Waals surface area contributed by atoms with E-state index in [1.54, 1.807) is 24.5 Å². The number of hydrogen-bond donors (Lipinski definition) is 1. The van der Waals surface area contributed by atoms with Gasteiger partial charge < -0.3 is 9.51 Å². The number of pyridine rings is 1. The fourth-order valence-corrected chi connectivity index (χ4v) is 1.24. The van der Waals surface area contributed by atoms with Crippen molar-refractivity contribution in [3.8, 4) is 0 Å². The molecule has 0 aromatic carbocycles. The highest BCUT2D eigenvalue weighted by molar-refractivity contribution is 5.85. The number of carboxylic acid groups (broad SMARTS) is 1. The highest BCUT2D eigenvalue weighted by Crippen LogP contribution is 2.05. The van der Waals surface area contributed by atoms with Crippen LogP contribution >= 0.6 is 12.4 Å². The third-order valence-electron chi connectivity index (χ3n) is 1.82. The molecular formula is C9H9ClN2O2. The van der Waals surface area contributed by atoms with Crippen LogP contribution in [0.3, 0.4) is 0 Å². The quantitative estimate of drug-likeness (QED) is 0.819. The number of hydrogen-bond acceptors (Lipinski definition) is 2. The lowest BCUT2D eigenvalue weighted by molar-refractivity contribution is -0.136. The molecule has 0 aliphatic rings. The summed E-state index contributed by atoms with van der Waals surface area (Å²) >= 11 is 0. The van der Waals surface area contributed by atoms with Crippen LogP contribution < -0.4 is 0 Å². The van der Waals surface area contributed by atoms with Crippen LogP contribution in [0.5, 0.6) is 0 Å². The summed E-state index contributed by atoms with van der Waals surface area (Å²) in [6.45, 7) is 0. The first-order valence-electron chi connectivity index (χ1n) is 3.89. The highest BCUT2D eigenvalue weighted by atomic mass is 35.5. The van der Waals surface area contributed by atoms with Crippen molar-refractivity contribution < 1.29 is 9.90 Å². The molecule has 74 valence electrons. The molecule has 0 spiro atoms. The van der Waals surface area contributed by atoms with E-state index in [9.17, 15) is 4.79 Å². The first kappa shape index (κ1) is 10.5. The van der Waals surface area contributed by atoms with Gasteiger partial charge in [0.2, 0.25) is 0 Å². The second-order valence-corrected chi connectivity index (χ2v) is 2.80. The molecular weight excluding hydrogens is 204 g/mol. The molecule has 14 heavy (non-hydrogen) atoms. The number of rotatable bonds is 2. The molecule has 0 aliphatic heterocycles. The Morgan fingerprint density at radius 3 is 3.00 bits per heavy atom. The minimum atomic E-state index is -0.823. The monoisotopic (exact) mass is 212 g/mol. The van der Waals surface area contributed by atoms with Gasteiger partial charge in [0.1, 0.15) is 5.65 Å². The summed E-state index contributed by atoms with van der Waals surface area (Å²) in [5.41, 5.74) is 1.55. The van der Waals surface area contributed by atoms with Crippen molar-refractivity contribution in [3.05, 3.63) is 36.3 Å². The van der Waals surface area contributed by atoms with E-state index in [2.05, 4.69) is 4.98 Å². The molecule has 1 N–H and O–H groups in total. The fourth-order valence-electron chi connectivity index (χ4n) is 1.24. The number of halogens is 1. The minimum absolute atomic E-state index is 0. The van der Waals surface area contributed by atoms with Crippen molar-refractivity contribution in [1.82, 2.24) is 9.38 Å². The maximum Gasteiger partial charge on any atom is 0.307 e. The van der Waals surface area contributed by atoms with Gasteiger partial charge in [-0.3, -0.25) is 4.79 Å². The smallest absolute Gasteiger partial charge is 0.307 e. The average Bonchev–Trinajstić information content (AvgIpc) is 2.49. The van der Waals surface area contributed by atoms with Gasteiger partial charge >= 0.3 is 5.97 Å². The third kappa shape index (κ3) is 2.03. The number of imidazole rings is 1. The van der Waals surface area contributed by atoms with Crippen LogP contribution in [0.25, 0.3) is 5.65 Å². The lowest BCUT2D eigenvalue weighted by Crippen LogP contribution is -2.00. The molecule has 0 aliphatic carbocycles. The third-order valence-corrected chi connectivity index (χ3v) is 1.82. The van der Waals surface area contributed by atoms with Crippen LogP contribution in [0.1, 0.15) is 5.56 Å². The van der Waals surface area contributed by atoms with Gasteiger partial charge in [-0.15, -0.1) is 12.4 Å². The first-order valence-corrected chi connectivity index (χ1v) is 3.89. The lowest BCUT2D eigenvalue weighted by atomic mass is 10.2. The average molecular weight is 213 g/mol. The molecule has 2 heterocycles. The summed E-state index contributed by atoms with van der Waals surface area (Å²) in [7, 11) is 0. The minimum Gasteiger partial charge on any atom is -0.481 e. The van der Waals surface area contributed by atoms with Gasteiger partial charge in [-0.1, -0.05) is 0 Å². The molecule has 0 saturated carbocycles. The van der Waals surface area contributed by atoms with Gasteiger partial charge in [0.25, 0.3) is 0 Å². The molecule has 0 unspecified atom stereocenters. The van der Waals surface area contributed by atoms with E-state index in [0.717, 1.165) is 11.2 Å². The summed E-state index contributed by atoms with van der Waals surface area (Å²) in [5.74, 6) is -0.823. The van der Waals surface area contributed by atoms with E-state index in [1.165, 1.54) is 0 Å². The topological polar surface area (TPSA) is 54.6 Å². The molecule has 2 rings (SSSR count). The van der Waals surface area contributed by atoms with Crippen LogP contribution in [0.4, 0.5) is 0 Å². The normalized spacial score (nSPS) is 9.71. The van der Waals surface area contributed by atoms with Crippen LogP contribution in [-0.2, 0) is 11.2 Å². The van der Waals surface area contributed by atoms with Gasteiger partial charge in [-0.2, -0.15) is 0 Å². The number of carbonyl (C=O) groups is 1. The SMILES string of the molecule is Cl.O=C(O)Cc1ccn2ccnc2c1. The van der Waals surface area contributed by atoms with Crippen LogP contribution in [0.15, 0.2) is 30.7 Å². The summed E-state index contributed by atoms with van der Waals surface area (Å²) in [4.78, 5) is 14.5. The zero-order valence-corrected chi connectivity index (χ0v) is 8.07. The van der Waals surface area contributed by atoms with E-state index in [1.807, 2.05) is 10.6 Å². The summed E-state index contributed by atoms with van der Waals surface area (Å²) in [6.07, 6.45) is 5.35.